The van der Waals surface area contributed by atoms with E-state index in [1.807, 2.05) is 12.1 Å². The van der Waals surface area contributed by atoms with Gasteiger partial charge in [0.15, 0.2) is 0 Å². The van der Waals surface area contributed by atoms with Crippen LogP contribution in [0.4, 0.5) is 0 Å². The Morgan fingerprint density at radius 1 is 0.257 bits per heavy atom. The zero-order valence-electron chi connectivity index (χ0n) is 73.9. The average Bonchev–Trinajstić information content (AvgIpc) is 0.668. The standard InChI is InChI=1S/C110H84N4O22/c1-9-93(115)133-79-35-23-31-75(57-79)125-67-39-47-71(48-40-67)129-89-61-83-97-84(106(120)113(105(83)119)87(109(123)111(13-5)14-6)55-65-27-19-17-20-28-65)63-91(131-73-51-43-69(44-52-73)127-77-33-25-37-81(59-77)135-95(117)11-3)101-102-92(132-74-53-45-70(46-54-74)128-78-34-26-38-82(60-78)136-96(118)12-4)64-86-98-85(107(121)114(108(86)122)88(110(124)112(15-7)16-8)56-66-29-21-18-22-30-66)62-90(100(104(98)102)99(89)103(97)101)130-72-49-41-68(42-50-72)126-76-32-24-36-80(58-76)134-94(116)10-2/h9-12,17-54,57-64,87-88H,1-4,13-16,55-56H2,5-8H3. The summed E-state index contributed by atoms with van der Waals surface area (Å²) in [4.78, 5) is 154. The van der Waals surface area contributed by atoms with Crippen molar-refractivity contribution in [2.24, 2.45) is 0 Å². The number of likely N-dealkylation sites (N-methyl/N-ethyl adjacent to an activating group) is 2. The van der Waals surface area contributed by atoms with Crippen molar-refractivity contribution >= 4 is 102 Å². The fourth-order valence-electron chi connectivity index (χ4n) is 16.6. The predicted molar refractivity (Wildman–Crippen MR) is 508 cm³/mol. The Morgan fingerprint density at radius 2 is 0.471 bits per heavy atom. The largest absolute Gasteiger partial charge is 0.457 e. The Labute approximate surface area is 779 Å². The fraction of sp³-hybridized carbons (Fsp3) is 0.109. The maximum Gasteiger partial charge on any atom is 0.335 e. The van der Waals surface area contributed by atoms with Gasteiger partial charge >= 0.3 is 23.9 Å². The SMILES string of the molecule is C=CC(=O)Oc1cccc(Oc2ccc(Oc3cc4c5c(cc(Oc6ccc(Oc7cccc(OC(=O)C=C)c7)cc6)c6c7c(Oc8ccc(Oc9cccc(OC(=O)C=C)c9)cc8)cc8c9c(cc(Oc%10ccc(Oc%11cccc(OC(=O)C=C)c%11)cc%10)c(c3c56)c97)C(=O)N(C(Cc3ccccc3)C(=O)N(CC)CC)C8=O)C(=O)N(C(Cc3ccccc3)C(=O)N(CC)CC)C4=O)cc2)c1. The fourth-order valence-corrected chi connectivity index (χ4v) is 16.6. The molecule has 0 N–H and O–H groups in total. The highest BCUT2D eigenvalue weighted by molar-refractivity contribution is 6.45. The van der Waals surface area contributed by atoms with Gasteiger partial charge in [0, 0.05) is 131 Å². The third-order valence-corrected chi connectivity index (χ3v) is 22.8. The molecule has 2 aliphatic heterocycles. The third kappa shape index (κ3) is 18.8. The van der Waals surface area contributed by atoms with Gasteiger partial charge in [0.2, 0.25) is 11.8 Å². The molecule has 2 atom stereocenters. The molecule has 26 heteroatoms. The minimum atomic E-state index is -1.50. The van der Waals surface area contributed by atoms with E-state index in [4.69, 9.17) is 56.8 Å². The zero-order valence-corrected chi connectivity index (χ0v) is 73.9. The number of benzene rings is 15. The molecule has 0 radical (unpaired) electrons. The van der Waals surface area contributed by atoms with Gasteiger partial charge in [-0.15, -0.1) is 0 Å². The summed E-state index contributed by atoms with van der Waals surface area (Å²) in [6, 6.07) is 72.0. The second-order valence-corrected chi connectivity index (χ2v) is 31.2. The van der Waals surface area contributed by atoms with Gasteiger partial charge in [0.1, 0.15) is 127 Å². The van der Waals surface area contributed by atoms with Gasteiger partial charge in [-0.1, -0.05) is 111 Å². The molecule has 17 rings (SSSR count). The van der Waals surface area contributed by atoms with E-state index in [0.29, 0.717) is 11.1 Å². The number of nitrogens with zero attached hydrogens (tertiary/aromatic N) is 4. The van der Waals surface area contributed by atoms with E-state index in [1.54, 1.807) is 256 Å². The zero-order chi connectivity index (χ0) is 95.0. The molecular weight excluding hydrogens is 1730 g/mol. The lowest BCUT2D eigenvalue weighted by atomic mass is 9.80. The Bertz CT molecular complexity index is 6510. The number of carbonyl (C=O) groups is 10. The van der Waals surface area contributed by atoms with Crippen LogP contribution >= 0.6 is 0 Å². The van der Waals surface area contributed by atoms with Crippen LogP contribution in [0, 0.1) is 0 Å². The summed E-state index contributed by atoms with van der Waals surface area (Å²) >= 11 is 0. The van der Waals surface area contributed by atoms with Crippen LogP contribution in [0.5, 0.6) is 115 Å². The Kier molecular flexibility index (Phi) is 26.1. The van der Waals surface area contributed by atoms with Crippen molar-refractivity contribution in [1.82, 2.24) is 19.6 Å². The number of hydrogen-bond acceptors (Lipinski definition) is 22. The number of imide groups is 2. The molecule has 26 nitrogen and oxygen atoms in total. The molecule has 15 aromatic carbocycles. The molecular formula is C110H84N4O22. The van der Waals surface area contributed by atoms with Crippen LogP contribution in [-0.2, 0) is 41.6 Å². The van der Waals surface area contributed by atoms with Gasteiger partial charge in [0.25, 0.3) is 23.6 Å². The third-order valence-electron chi connectivity index (χ3n) is 22.8. The second kappa shape index (κ2) is 39.4. The van der Waals surface area contributed by atoms with Gasteiger partial charge in [-0.25, -0.2) is 19.2 Å². The van der Waals surface area contributed by atoms with E-state index in [1.165, 1.54) is 48.5 Å². The summed E-state index contributed by atoms with van der Waals surface area (Å²) in [5.74, 6) is -4.64. The highest BCUT2D eigenvalue weighted by atomic mass is 16.6. The highest BCUT2D eigenvalue weighted by Crippen LogP contribution is 2.59. The van der Waals surface area contributed by atoms with E-state index in [-0.39, 0.29) is 219 Å². The van der Waals surface area contributed by atoms with Crippen molar-refractivity contribution in [2.75, 3.05) is 26.2 Å². The lowest BCUT2D eigenvalue weighted by Crippen LogP contribution is -2.55. The molecule has 136 heavy (non-hydrogen) atoms. The summed E-state index contributed by atoms with van der Waals surface area (Å²) in [5.41, 5.74) is 0.642. The van der Waals surface area contributed by atoms with E-state index >= 15 is 28.8 Å². The number of rotatable bonds is 36. The average molecular weight is 1810 g/mol. The highest BCUT2D eigenvalue weighted by Gasteiger charge is 2.48. The first-order chi connectivity index (χ1) is 66.1. The van der Waals surface area contributed by atoms with Crippen molar-refractivity contribution < 1.29 is 105 Å². The van der Waals surface area contributed by atoms with E-state index < -0.39 is 71.4 Å². The normalized spacial score (nSPS) is 12.4. The van der Waals surface area contributed by atoms with Crippen LogP contribution in [0.2, 0.25) is 0 Å². The molecule has 0 aliphatic carbocycles. The Balaban J connectivity index is 0.971. The number of amides is 6. The van der Waals surface area contributed by atoms with Crippen LogP contribution in [0.15, 0.2) is 330 Å². The van der Waals surface area contributed by atoms with Crippen molar-refractivity contribution in [1.29, 1.82) is 0 Å². The molecule has 2 heterocycles. The molecule has 0 fully saturated rings. The van der Waals surface area contributed by atoms with E-state index in [9.17, 15) is 19.2 Å². The summed E-state index contributed by atoms with van der Waals surface area (Å²) in [6.07, 6.45) is 3.83. The first-order valence-corrected chi connectivity index (χ1v) is 43.5. The Hall–Kier alpha value is -17.9. The lowest BCUT2D eigenvalue weighted by Gasteiger charge is -2.37. The minimum Gasteiger partial charge on any atom is -0.457 e. The summed E-state index contributed by atoms with van der Waals surface area (Å²) < 4.78 is 76.8. The molecule has 0 aromatic heterocycles. The van der Waals surface area contributed by atoms with E-state index in [0.717, 1.165) is 34.1 Å². The lowest BCUT2D eigenvalue weighted by molar-refractivity contribution is -0.135. The minimum absolute atomic E-state index is 0.0156. The van der Waals surface area contributed by atoms with Gasteiger partial charge in [0.05, 0.1) is 22.3 Å². The molecule has 2 unspecified atom stereocenters. The number of esters is 4. The molecule has 0 saturated heterocycles. The maximum absolute atomic E-state index is 17.0. The van der Waals surface area contributed by atoms with Gasteiger partial charge in [-0.05, 0) is 209 Å². The molecule has 6 amide bonds. The van der Waals surface area contributed by atoms with Crippen LogP contribution in [-0.4, -0.2) is 117 Å². The van der Waals surface area contributed by atoms with Gasteiger partial charge < -0.3 is 66.6 Å². The van der Waals surface area contributed by atoms with E-state index in [2.05, 4.69) is 26.3 Å². The van der Waals surface area contributed by atoms with Crippen molar-refractivity contribution in [3.05, 3.63) is 363 Å². The summed E-state index contributed by atoms with van der Waals surface area (Å²) in [5, 5.41) is 0.482. The van der Waals surface area contributed by atoms with Crippen LogP contribution in [0.1, 0.15) is 80.3 Å². The number of hydrogen-bond donors (Lipinski definition) is 0. The smallest absolute Gasteiger partial charge is 0.335 e. The molecule has 0 saturated carbocycles. The van der Waals surface area contributed by atoms with Crippen molar-refractivity contribution in [3.8, 4) is 115 Å². The van der Waals surface area contributed by atoms with Crippen LogP contribution in [0.25, 0.3) is 43.1 Å². The van der Waals surface area contributed by atoms with Crippen LogP contribution < -0.4 is 56.8 Å². The molecule has 2 aliphatic rings. The number of ether oxygens (including phenoxy) is 12. The molecule has 0 spiro atoms. The topological polar surface area (TPSA) is 294 Å². The monoisotopic (exact) mass is 1810 g/mol. The molecule has 15 aromatic rings. The molecule has 676 valence electrons. The van der Waals surface area contributed by atoms with Gasteiger partial charge in [-0.3, -0.25) is 38.6 Å². The number of carbonyl (C=O) groups excluding carboxylic acids is 10. The predicted octanol–water partition coefficient (Wildman–Crippen LogP) is 22.6. The quantitative estimate of drug-likeness (QED) is 0.00880. The first-order valence-electron chi connectivity index (χ1n) is 43.5. The second-order valence-electron chi connectivity index (χ2n) is 31.2. The van der Waals surface area contributed by atoms with Crippen LogP contribution in [0.3, 0.4) is 0 Å². The van der Waals surface area contributed by atoms with Crippen molar-refractivity contribution in [2.45, 2.75) is 52.6 Å². The Morgan fingerprint density at radius 3 is 0.684 bits per heavy atom. The summed E-state index contributed by atoms with van der Waals surface area (Å²) in [6.45, 7) is 22.0. The first kappa shape index (κ1) is 90.0. The van der Waals surface area contributed by atoms with Gasteiger partial charge in [-0.2, -0.15) is 0 Å². The maximum atomic E-state index is 17.0. The summed E-state index contributed by atoms with van der Waals surface area (Å²) in [7, 11) is 0. The van der Waals surface area contributed by atoms with Crippen molar-refractivity contribution in [3.63, 3.8) is 0 Å². The molecule has 0 bridgehead atoms. The number of fused-ring (bicyclic) bond motifs is 2.